The molecule has 30 heavy (non-hydrogen) atoms. The number of aryl methyl sites for hydroxylation is 3. The lowest BCUT2D eigenvalue weighted by atomic mass is 9.96. The second-order valence-corrected chi connectivity index (χ2v) is 8.97. The molecule has 1 saturated heterocycles. The van der Waals surface area contributed by atoms with E-state index in [9.17, 15) is 14.9 Å². The average molecular weight is 437 g/mol. The van der Waals surface area contributed by atoms with Crippen LogP contribution in [0.3, 0.4) is 0 Å². The highest BCUT2D eigenvalue weighted by Crippen LogP contribution is 2.39. The lowest BCUT2D eigenvalue weighted by Crippen LogP contribution is -2.58. The molecule has 0 bridgehead atoms. The normalized spacial score (nSPS) is 19.0. The number of carbonyl (C=O) groups is 2. The first-order chi connectivity index (χ1) is 14.4. The predicted molar refractivity (Wildman–Crippen MR) is 121 cm³/mol. The molecule has 2 amide bonds. The van der Waals surface area contributed by atoms with Crippen LogP contribution in [0.5, 0.6) is 0 Å². The van der Waals surface area contributed by atoms with E-state index in [0.29, 0.717) is 16.3 Å². The SMILES string of the molecule is Cc1ccc(N2C(=O)C(C=Nc3sc4c(c3C#N)CCCC4)C(=O)NC2=S)cc1C. The fraction of sp³-hybridized carbons (Fsp3) is 0.318. The van der Waals surface area contributed by atoms with Crippen molar-refractivity contribution in [3.8, 4) is 6.07 Å². The maximum Gasteiger partial charge on any atom is 0.251 e. The Hall–Kier alpha value is -2.89. The molecular weight excluding hydrogens is 416 g/mol. The van der Waals surface area contributed by atoms with E-state index in [1.807, 2.05) is 26.0 Å². The van der Waals surface area contributed by atoms with Gasteiger partial charge in [-0.25, -0.2) is 4.99 Å². The number of benzene rings is 1. The molecule has 152 valence electrons. The Morgan fingerprint density at radius 2 is 2.03 bits per heavy atom. The number of nitrogens with zero attached hydrogens (tertiary/aromatic N) is 3. The number of thiophene rings is 1. The Labute approximate surface area is 184 Å². The average Bonchev–Trinajstić information content (AvgIpc) is 3.07. The van der Waals surface area contributed by atoms with Crippen molar-refractivity contribution in [1.82, 2.24) is 5.32 Å². The molecule has 4 rings (SSSR count). The fourth-order valence-electron chi connectivity index (χ4n) is 3.73. The zero-order valence-corrected chi connectivity index (χ0v) is 18.3. The Kier molecular flexibility index (Phi) is 5.50. The van der Waals surface area contributed by atoms with E-state index < -0.39 is 17.7 Å². The number of nitriles is 1. The zero-order valence-electron chi connectivity index (χ0n) is 16.7. The smallest absolute Gasteiger partial charge is 0.251 e. The predicted octanol–water partition coefficient (Wildman–Crippen LogP) is 3.88. The van der Waals surface area contributed by atoms with Crippen molar-refractivity contribution in [3.63, 3.8) is 0 Å². The van der Waals surface area contributed by atoms with Gasteiger partial charge >= 0.3 is 0 Å². The third kappa shape index (κ3) is 3.55. The molecule has 2 aromatic rings. The lowest BCUT2D eigenvalue weighted by Gasteiger charge is -2.31. The molecular formula is C22H20N4O2S2. The van der Waals surface area contributed by atoms with Crippen LogP contribution in [0.25, 0.3) is 0 Å². The van der Waals surface area contributed by atoms with Gasteiger partial charge in [0.1, 0.15) is 11.1 Å². The van der Waals surface area contributed by atoms with Crippen molar-refractivity contribution in [2.45, 2.75) is 39.5 Å². The Bertz CT molecular complexity index is 1140. The third-order valence-corrected chi connectivity index (χ3v) is 7.04. The van der Waals surface area contributed by atoms with Crippen LogP contribution in [0.1, 0.15) is 40.0 Å². The highest BCUT2D eigenvalue weighted by molar-refractivity contribution is 7.80. The number of hydrogen-bond donors (Lipinski definition) is 1. The van der Waals surface area contributed by atoms with Crippen molar-refractivity contribution in [2.24, 2.45) is 10.9 Å². The van der Waals surface area contributed by atoms with Crippen molar-refractivity contribution in [2.75, 3.05) is 4.90 Å². The van der Waals surface area contributed by atoms with Crippen LogP contribution in [0.2, 0.25) is 0 Å². The molecule has 1 fully saturated rings. The van der Waals surface area contributed by atoms with E-state index >= 15 is 0 Å². The summed E-state index contributed by atoms with van der Waals surface area (Å²) in [5, 5.41) is 12.8. The van der Waals surface area contributed by atoms with Gasteiger partial charge in [-0.2, -0.15) is 5.26 Å². The largest absolute Gasteiger partial charge is 0.301 e. The molecule has 8 heteroatoms. The number of carbonyl (C=O) groups excluding carboxylic acids is 2. The van der Waals surface area contributed by atoms with Gasteiger partial charge in [-0.3, -0.25) is 14.5 Å². The van der Waals surface area contributed by atoms with Crippen molar-refractivity contribution in [3.05, 3.63) is 45.3 Å². The summed E-state index contributed by atoms with van der Waals surface area (Å²) in [7, 11) is 0. The van der Waals surface area contributed by atoms with E-state index in [1.54, 1.807) is 6.07 Å². The van der Waals surface area contributed by atoms with E-state index in [1.165, 1.54) is 27.3 Å². The summed E-state index contributed by atoms with van der Waals surface area (Å²) in [6.45, 7) is 3.94. The molecule has 1 aliphatic carbocycles. The number of anilines is 1. The van der Waals surface area contributed by atoms with Gasteiger partial charge in [0, 0.05) is 11.1 Å². The molecule has 1 atom stereocenters. The minimum absolute atomic E-state index is 0.0576. The minimum Gasteiger partial charge on any atom is -0.301 e. The summed E-state index contributed by atoms with van der Waals surface area (Å²) in [5.74, 6) is -2.06. The van der Waals surface area contributed by atoms with Gasteiger partial charge in [-0.1, -0.05) is 6.07 Å². The molecule has 1 aliphatic heterocycles. The van der Waals surface area contributed by atoms with Crippen molar-refractivity contribution in [1.29, 1.82) is 5.26 Å². The maximum absolute atomic E-state index is 13.1. The van der Waals surface area contributed by atoms with Gasteiger partial charge in [0.2, 0.25) is 5.91 Å². The summed E-state index contributed by atoms with van der Waals surface area (Å²) < 4.78 is 0. The van der Waals surface area contributed by atoms with Gasteiger partial charge in [-0.05, 0) is 80.6 Å². The van der Waals surface area contributed by atoms with Gasteiger partial charge in [-0.15, -0.1) is 11.3 Å². The van der Waals surface area contributed by atoms with Gasteiger partial charge in [0.15, 0.2) is 11.0 Å². The maximum atomic E-state index is 13.1. The van der Waals surface area contributed by atoms with Crippen LogP contribution in [-0.4, -0.2) is 23.1 Å². The first kappa shape index (κ1) is 20.4. The molecule has 1 unspecified atom stereocenters. The highest BCUT2D eigenvalue weighted by atomic mass is 32.1. The Morgan fingerprint density at radius 3 is 2.77 bits per heavy atom. The topological polar surface area (TPSA) is 85.6 Å². The molecule has 0 saturated carbocycles. The first-order valence-electron chi connectivity index (χ1n) is 9.75. The Morgan fingerprint density at radius 1 is 1.27 bits per heavy atom. The summed E-state index contributed by atoms with van der Waals surface area (Å²) in [6, 6.07) is 7.83. The molecule has 2 heterocycles. The standard InChI is InChI=1S/C22H20N4O2S2/c1-12-7-8-14(9-13(12)2)26-21(28)17(19(27)25-22(26)29)11-24-20-16(10-23)15-5-3-4-6-18(15)30-20/h7-9,11,17H,3-6H2,1-2H3,(H,25,27,29). The molecule has 0 spiro atoms. The number of rotatable bonds is 3. The van der Waals surface area contributed by atoms with E-state index in [0.717, 1.165) is 42.4 Å². The molecule has 6 nitrogen and oxygen atoms in total. The third-order valence-electron chi connectivity index (χ3n) is 5.56. The van der Waals surface area contributed by atoms with E-state index in [4.69, 9.17) is 12.2 Å². The quantitative estimate of drug-likeness (QED) is 0.449. The fourth-order valence-corrected chi connectivity index (χ4v) is 5.22. The summed E-state index contributed by atoms with van der Waals surface area (Å²) in [5.41, 5.74) is 4.36. The number of nitrogens with one attached hydrogen (secondary N) is 1. The monoisotopic (exact) mass is 436 g/mol. The summed E-state index contributed by atoms with van der Waals surface area (Å²) >= 11 is 6.73. The van der Waals surface area contributed by atoms with Gasteiger partial charge in [0.25, 0.3) is 5.91 Å². The van der Waals surface area contributed by atoms with Crippen LogP contribution in [0.15, 0.2) is 23.2 Å². The van der Waals surface area contributed by atoms with E-state index in [-0.39, 0.29) is 5.11 Å². The number of amides is 2. The van der Waals surface area contributed by atoms with Crippen molar-refractivity contribution >= 4 is 57.4 Å². The Balaban J connectivity index is 1.65. The second kappa shape index (κ2) is 8.09. The second-order valence-electron chi connectivity index (χ2n) is 7.50. The van der Waals surface area contributed by atoms with Gasteiger partial charge < -0.3 is 5.32 Å². The van der Waals surface area contributed by atoms with Gasteiger partial charge in [0.05, 0.1) is 11.3 Å². The molecule has 1 aromatic carbocycles. The van der Waals surface area contributed by atoms with Crippen LogP contribution in [-0.2, 0) is 22.4 Å². The number of hydrogen-bond acceptors (Lipinski definition) is 6. The number of aliphatic imine (C=N–C) groups is 1. The van der Waals surface area contributed by atoms with Crippen LogP contribution in [0, 0.1) is 31.1 Å². The van der Waals surface area contributed by atoms with E-state index in [2.05, 4.69) is 16.4 Å². The molecule has 1 N–H and O–H groups in total. The van der Waals surface area contributed by atoms with Crippen molar-refractivity contribution < 1.29 is 9.59 Å². The molecule has 2 aliphatic rings. The number of thiocarbonyl (C=S) groups is 1. The van der Waals surface area contributed by atoms with Crippen LogP contribution < -0.4 is 10.2 Å². The minimum atomic E-state index is -1.11. The zero-order chi connectivity index (χ0) is 21.4. The number of fused-ring (bicyclic) bond motifs is 1. The first-order valence-corrected chi connectivity index (χ1v) is 11.0. The molecule has 1 aromatic heterocycles. The highest BCUT2D eigenvalue weighted by Gasteiger charge is 2.38. The lowest BCUT2D eigenvalue weighted by molar-refractivity contribution is -0.130. The molecule has 0 radical (unpaired) electrons. The summed E-state index contributed by atoms with van der Waals surface area (Å²) in [6.07, 6.45) is 5.33. The van der Waals surface area contributed by atoms with Crippen LogP contribution in [0.4, 0.5) is 10.7 Å². The summed E-state index contributed by atoms with van der Waals surface area (Å²) in [4.78, 5) is 32.6. The van der Waals surface area contributed by atoms with Crippen LogP contribution >= 0.6 is 23.6 Å².